The van der Waals surface area contributed by atoms with E-state index >= 15 is 0 Å². The summed E-state index contributed by atoms with van der Waals surface area (Å²) < 4.78 is 0. The van der Waals surface area contributed by atoms with Gasteiger partial charge in [0.15, 0.2) is 0 Å². The summed E-state index contributed by atoms with van der Waals surface area (Å²) in [7, 11) is 0. The average Bonchev–Trinajstić information content (AvgIpc) is 2.34. The van der Waals surface area contributed by atoms with Crippen LogP contribution in [0.3, 0.4) is 0 Å². The van der Waals surface area contributed by atoms with E-state index in [0.29, 0.717) is 0 Å². The molecule has 0 saturated heterocycles. The smallest absolute Gasteiger partial charge is 0.103 e. The summed E-state index contributed by atoms with van der Waals surface area (Å²) >= 11 is 0. The number of rotatable bonds is 8. The monoisotopic (exact) mass is 220 g/mol. The molecule has 0 amide bonds. The molecule has 0 aliphatic rings. The number of quaternary nitrogens is 1. The van der Waals surface area contributed by atoms with Gasteiger partial charge in [-0.05, 0) is 12.8 Å². The second-order valence-corrected chi connectivity index (χ2v) is 4.62. The zero-order chi connectivity index (χ0) is 11.6. The molecular weight excluding hydrogens is 194 g/mol. The molecule has 0 atom stereocenters. The molecule has 1 aromatic carbocycles. The molecule has 1 nitrogen and oxygen atoms in total. The first-order valence-corrected chi connectivity index (χ1v) is 6.74. The van der Waals surface area contributed by atoms with Gasteiger partial charge in [-0.1, -0.05) is 57.0 Å². The van der Waals surface area contributed by atoms with Crippen molar-refractivity contribution in [2.45, 2.75) is 46.1 Å². The molecule has 0 spiro atoms. The van der Waals surface area contributed by atoms with E-state index in [1.807, 2.05) is 0 Å². The highest BCUT2D eigenvalue weighted by molar-refractivity contribution is 5.13. The zero-order valence-electron chi connectivity index (χ0n) is 10.8. The predicted octanol–water partition coefficient (Wildman–Crippen LogP) is 2.67. The Morgan fingerprint density at radius 3 is 1.94 bits per heavy atom. The van der Waals surface area contributed by atoms with Gasteiger partial charge in [0.25, 0.3) is 0 Å². The molecule has 1 N–H and O–H groups in total. The summed E-state index contributed by atoms with van der Waals surface area (Å²) in [6.45, 7) is 8.40. The maximum Gasteiger partial charge on any atom is 0.103 e. The van der Waals surface area contributed by atoms with Crippen LogP contribution in [0.5, 0.6) is 0 Å². The third-order valence-corrected chi connectivity index (χ3v) is 3.06. The Hall–Kier alpha value is -0.820. The van der Waals surface area contributed by atoms with Crippen molar-refractivity contribution in [3.05, 3.63) is 35.9 Å². The Balaban J connectivity index is 2.42. The molecule has 16 heavy (non-hydrogen) atoms. The van der Waals surface area contributed by atoms with Gasteiger partial charge >= 0.3 is 0 Å². The van der Waals surface area contributed by atoms with Crippen LogP contribution in [0.1, 0.15) is 45.1 Å². The quantitative estimate of drug-likeness (QED) is 0.687. The largest absolute Gasteiger partial charge is 0.331 e. The molecule has 0 radical (unpaired) electrons. The minimum atomic E-state index is 1.20. The van der Waals surface area contributed by atoms with Crippen molar-refractivity contribution in [2.75, 3.05) is 13.1 Å². The lowest BCUT2D eigenvalue weighted by atomic mass is 10.2. The van der Waals surface area contributed by atoms with Crippen LogP contribution in [-0.4, -0.2) is 13.1 Å². The Labute approximate surface area is 100 Å². The van der Waals surface area contributed by atoms with Crippen LogP contribution in [-0.2, 0) is 6.54 Å². The van der Waals surface area contributed by atoms with Crippen LogP contribution >= 0.6 is 0 Å². The molecule has 1 aromatic rings. The van der Waals surface area contributed by atoms with Gasteiger partial charge < -0.3 is 4.90 Å². The Kier molecular flexibility index (Phi) is 6.91. The highest BCUT2D eigenvalue weighted by Crippen LogP contribution is 1.96. The summed E-state index contributed by atoms with van der Waals surface area (Å²) in [5.41, 5.74) is 1.48. The zero-order valence-corrected chi connectivity index (χ0v) is 10.8. The van der Waals surface area contributed by atoms with E-state index < -0.39 is 0 Å². The van der Waals surface area contributed by atoms with Crippen LogP contribution in [0.15, 0.2) is 30.3 Å². The van der Waals surface area contributed by atoms with E-state index in [4.69, 9.17) is 0 Å². The second kappa shape index (κ2) is 8.35. The fourth-order valence-electron chi connectivity index (χ4n) is 2.04. The normalized spacial score (nSPS) is 10.9. The number of hydrogen-bond acceptors (Lipinski definition) is 0. The first-order valence-electron chi connectivity index (χ1n) is 6.74. The summed E-state index contributed by atoms with van der Waals surface area (Å²) in [6.07, 6.45) is 5.33. The predicted molar refractivity (Wildman–Crippen MR) is 70.7 cm³/mol. The third kappa shape index (κ3) is 5.32. The first kappa shape index (κ1) is 13.2. The summed E-state index contributed by atoms with van der Waals surface area (Å²) in [5, 5.41) is 0. The van der Waals surface area contributed by atoms with Gasteiger partial charge in [-0.3, -0.25) is 0 Å². The van der Waals surface area contributed by atoms with Crippen LogP contribution in [0.2, 0.25) is 0 Å². The topological polar surface area (TPSA) is 4.44 Å². The number of unbranched alkanes of at least 4 members (excludes halogenated alkanes) is 2. The van der Waals surface area contributed by atoms with Gasteiger partial charge in [0, 0.05) is 5.56 Å². The standard InChI is InChI=1S/C15H25N/c1-3-5-12-16(13-6-4-2)14-15-10-8-7-9-11-15/h7-11H,3-6,12-14H2,1-2H3/p+1. The summed E-state index contributed by atoms with van der Waals surface area (Å²) in [6, 6.07) is 10.9. The van der Waals surface area contributed by atoms with Gasteiger partial charge in [0.1, 0.15) is 6.54 Å². The first-order chi connectivity index (χ1) is 7.86. The molecule has 0 bridgehead atoms. The minimum Gasteiger partial charge on any atom is -0.331 e. The molecule has 0 unspecified atom stereocenters. The minimum absolute atomic E-state index is 1.20. The van der Waals surface area contributed by atoms with Crippen molar-refractivity contribution >= 4 is 0 Å². The van der Waals surface area contributed by atoms with Gasteiger partial charge in [0.05, 0.1) is 13.1 Å². The molecule has 0 heterocycles. The van der Waals surface area contributed by atoms with E-state index in [1.54, 1.807) is 4.90 Å². The van der Waals surface area contributed by atoms with Crippen molar-refractivity contribution < 1.29 is 4.90 Å². The van der Waals surface area contributed by atoms with Gasteiger partial charge in [-0.2, -0.15) is 0 Å². The SMILES string of the molecule is CCCC[NH+](CCCC)Cc1ccccc1. The van der Waals surface area contributed by atoms with E-state index in [9.17, 15) is 0 Å². The fourth-order valence-corrected chi connectivity index (χ4v) is 2.04. The lowest BCUT2D eigenvalue weighted by molar-refractivity contribution is -0.914. The van der Waals surface area contributed by atoms with Crippen molar-refractivity contribution in [3.8, 4) is 0 Å². The molecule has 0 aliphatic heterocycles. The molecular formula is C15H26N+. The lowest BCUT2D eigenvalue weighted by Crippen LogP contribution is -3.10. The summed E-state index contributed by atoms with van der Waals surface area (Å²) in [4.78, 5) is 1.75. The average molecular weight is 220 g/mol. The fraction of sp³-hybridized carbons (Fsp3) is 0.600. The van der Waals surface area contributed by atoms with Crippen LogP contribution in [0.4, 0.5) is 0 Å². The number of nitrogens with one attached hydrogen (secondary N) is 1. The van der Waals surface area contributed by atoms with E-state index in [-0.39, 0.29) is 0 Å². The Morgan fingerprint density at radius 1 is 0.875 bits per heavy atom. The summed E-state index contributed by atoms with van der Waals surface area (Å²) in [5.74, 6) is 0. The van der Waals surface area contributed by atoms with Crippen LogP contribution < -0.4 is 4.90 Å². The highest BCUT2D eigenvalue weighted by atomic mass is 15.1. The second-order valence-electron chi connectivity index (χ2n) is 4.62. The molecule has 0 aliphatic carbocycles. The van der Waals surface area contributed by atoms with Crippen molar-refractivity contribution in [2.24, 2.45) is 0 Å². The lowest BCUT2D eigenvalue weighted by Gasteiger charge is -2.19. The van der Waals surface area contributed by atoms with Crippen LogP contribution in [0.25, 0.3) is 0 Å². The molecule has 1 heteroatoms. The van der Waals surface area contributed by atoms with E-state index in [1.165, 1.54) is 50.9 Å². The van der Waals surface area contributed by atoms with Gasteiger partial charge in [-0.25, -0.2) is 0 Å². The third-order valence-electron chi connectivity index (χ3n) is 3.06. The molecule has 0 saturated carbocycles. The molecule has 90 valence electrons. The molecule has 1 rings (SSSR count). The van der Waals surface area contributed by atoms with Gasteiger partial charge in [-0.15, -0.1) is 0 Å². The van der Waals surface area contributed by atoms with Crippen molar-refractivity contribution in [1.29, 1.82) is 0 Å². The molecule has 0 aromatic heterocycles. The number of benzene rings is 1. The van der Waals surface area contributed by atoms with Gasteiger partial charge in [0.2, 0.25) is 0 Å². The Morgan fingerprint density at radius 2 is 1.44 bits per heavy atom. The number of hydrogen-bond donors (Lipinski definition) is 1. The highest BCUT2D eigenvalue weighted by Gasteiger charge is 2.07. The van der Waals surface area contributed by atoms with Crippen LogP contribution in [0, 0.1) is 0 Å². The Bertz CT molecular complexity index is 247. The van der Waals surface area contributed by atoms with Crippen molar-refractivity contribution in [1.82, 2.24) is 0 Å². The molecule has 0 fully saturated rings. The maximum absolute atomic E-state index is 2.28. The van der Waals surface area contributed by atoms with Crippen molar-refractivity contribution in [3.63, 3.8) is 0 Å². The van der Waals surface area contributed by atoms with E-state index in [0.717, 1.165) is 0 Å². The maximum atomic E-state index is 2.28. The van der Waals surface area contributed by atoms with E-state index in [2.05, 4.69) is 44.2 Å².